The fourth-order valence-corrected chi connectivity index (χ4v) is 9.17. The Labute approximate surface area is 230 Å². The van der Waals surface area contributed by atoms with E-state index in [0.29, 0.717) is 26.1 Å². The lowest BCUT2D eigenvalue weighted by Gasteiger charge is -2.38. The SMILES string of the molecule is C=CCN(CCCCC)C(=O)C1N(CCO)C(=O)[C@@H]2[C@@H](C(=O)N(CC=C)c3ccccc3)[C@@]3(C)CCC12S3. The third kappa shape index (κ3) is 4.70. The Hall–Kier alpha value is -2.58. The quantitative estimate of drug-likeness (QED) is 0.304. The van der Waals surface area contributed by atoms with E-state index in [9.17, 15) is 19.5 Å². The molecule has 7 nitrogen and oxygen atoms in total. The van der Waals surface area contributed by atoms with Crippen LogP contribution < -0.4 is 4.90 Å². The predicted molar refractivity (Wildman–Crippen MR) is 153 cm³/mol. The van der Waals surface area contributed by atoms with E-state index in [-0.39, 0.29) is 30.9 Å². The van der Waals surface area contributed by atoms with Crippen LogP contribution in [0.25, 0.3) is 0 Å². The number of β-amino-alcohol motifs (C(OH)–C–C–N with tert-alkyl or cyclic N) is 1. The van der Waals surface area contributed by atoms with E-state index in [2.05, 4.69) is 27.0 Å². The topological polar surface area (TPSA) is 81.2 Å². The van der Waals surface area contributed by atoms with E-state index in [0.717, 1.165) is 31.4 Å². The fourth-order valence-electron chi connectivity index (χ4n) is 6.83. The molecular weight excluding hydrogens is 498 g/mol. The van der Waals surface area contributed by atoms with Crippen LogP contribution in [0.4, 0.5) is 5.69 Å². The Bertz CT molecular complexity index is 1060. The summed E-state index contributed by atoms with van der Waals surface area (Å²) < 4.78 is -1.15. The van der Waals surface area contributed by atoms with Crippen LogP contribution in [0.2, 0.25) is 0 Å². The van der Waals surface area contributed by atoms with E-state index < -0.39 is 27.4 Å². The summed E-state index contributed by atoms with van der Waals surface area (Å²) in [6.07, 6.45) is 7.81. The number of carbonyl (C=O) groups excluding carboxylic acids is 3. The highest BCUT2D eigenvalue weighted by Gasteiger charge is 2.77. The zero-order valence-corrected chi connectivity index (χ0v) is 23.5. The number of nitrogens with zero attached hydrogens (tertiary/aromatic N) is 3. The Kier molecular flexibility index (Phi) is 8.72. The molecule has 1 aromatic rings. The molecule has 0 saturated carbocycles. The number of aliphatic hydroxyl groups is 1. The maximum Gasteiger partial charge on any atom is 0.247 e. The van der Waals surface area contributed by atoms with Crippen LogP contribution in [-0.2, 0) is 14.4 Å². The number of carbonyl (C=O) groups is 3. The molecule has 3 saturated heterocycles. The smallest absolute Gasteiger partial charge is 0.247 e. The first-order valence-electron chi connectivity index (χ1n) is 13.8. The number of fused-ring (bicyclic) bond motifs is 1. The standard InChI is InChI=1S/C30H41N3O4S/c1-5-8-12-19-31(17-6-2)28(37)25-30-16-15-29(4,38-30)23(24(30)27(36)33(25)20-21-34)26(35)32(18-7-3)22-13-10-9-11-14-22/h6-7,9-11,13-14,23-25,34H,2-3,5,8,12,15-21H2,1,4H3/t23-,24-,25?,29+,30?/m0/s1. The van der Waals surface area contributed by atoms with Gasteiger partial charge in [0, 0.05) is 36.6 Å². The minimum absolute atomic E-state index is 0.0810. The third-order valence-corrected chi connectivity index (χ3v) is 10.4. The van der Waals surface area contributed by atoms with Crippen molar-refractivity contribution in [3.05, 3.63) is 55.6 Å². The second-order valence-electron chi connectivity index (χ2n) is 10.8. The van der Waals surface area contributed by atoms with Crippen LogP contribution in [0, 0.1) is 11.8 Å². The van der Waals surface area contributed by atoms with Gasteiger partial charge in [-0.1, -0.05) is 50.1 Å². The number of anilines is 1. The number of thioether (sulfide) groups is 1. The second kappa shape index (κ2) is 11.7. The summed E-state index contributed by atoms with van der Waals surface area (Å²) >= 11 is 1.66. The average Bonchev–Trinajstić information content (AvgIpc) is 3.48. The molecule has 0 aromatic heterocycles. The van der Waals surface area contributed by atoms with Gasteiger partial charge in [-0.25, -0.2) is 0 Å². The van der Waals surface area contributed by atoms with Crippen LogP contribution in [-0.4, -0.2) is 80.9 Å². The number of aliphatic hydroxyl groups excluding tert-OH is 1. The van der Waals surface area contributed by atoms with E-state index in [1.807, 2.05) is 35.2 Å². The maximum absolute atomic E-state index is 14.3. The second-order valence-corrected chi connectivity index (χ2v) is 12.7. The zero-order chi connectivity index (χ0) is 27.5. The van der Waals surface area contributed by atoms with Crippen molar-refractivity contribution < 1.29 is 19.5 Å². The number of hydrogen-bond acceptors (Lipinski definition) is 5. The lowest BCUT2D eigenvalue weighted by atomic mass is 9.66. The van der Waals surface area contributed by atoms with Gasteiger partial charge in [-0.3, -0.25) is 14.4 Å². The molecule has 38 heavy (non-hydrogen) atoms. The molecule has 1 N–H and O–H groups in total. The molecular formula is C30H41N3O4S. The Morgan fingerprint density at radius 3 is 2.47 bits per heavy atom. The van der Waals surface area contributed by atoms with Crippen molar-refractivity contribution in [2.24, 2.45) is 11.8 Å². The van der Waals surface area contributed by atoms with Gasteiger partial charge in [0.1, 0.15) is 6.04 Å². The summed E-state index contributed by atoms with van der Waals surface area (Å²) in [6, 6.07) is 8.77. The summed E-state index contributed by atoms with van der Waals surface area (Å²) in [4.78, 5) is 47.7. The molecule has 3 heterocycles. The van der Waals surface area contributed by atoms with Crippen molar-refractivity contribution in [2.45, 2.75) is 61.5 Å². The van der Waals surface area contributed by atoms with Crippen molar-refractivity contribution in [1.29, 1.82) is 0 Å². The van der Waals surface area contributed by atoms with E-state index in [1.165, 1.54) is 0 Å². The summed E-state index contributed by atoms with van der Waals surface area (Å²) in [5, 5.41) is 9.89. The zero-order valence-electron chi connectivity index (χ0n) is 22.7. The van der Waals surface area contributed by atoms with Gasteiger partial charge < -0.3 is 19.8 Å². The molecule has 206 valence electrons. The van der Waals surface area contributed by atoms with Gasteiger partial charge in [0.15, 0.2) is 0 Å². The molecule has 2 unspecified atom stereocenters. The van der Waals surface area contributed by atoms with Crippen molar-refractivity contribution >= 4 is 35.2 Å². The molecule has 0 radical (unpaired) electrons. The van der Waals surface area contributed by atoms with Crippen LogP contribution in [0.5, 0.6) is 0 Å². The third-order valence-electron chi connectivity index (χ3n) is 8.46. The highest BCUT2D eigenvalue weighted by Crippen LogP contribution is 2.71. The van der Waals surface area contributed by atoms with Gasteiger partial charge in [0.2, 0.25) is 17.7 Å². The van der Waals surface area contributed by atoms with Crippen molar-refractivity contribution in [3.63, 3.8) is 0 Å². The summed E-state index contributed by atoms with van der Waals surface area (Å²) in [6.45, 7) is 13.1. The number of hydrogen-bond donors (Lipinski definition) is 1. The number of benzene rings is 1. The maximum atomic E-state index is 14.3. The molecule has 1 spiro atoms. The van der Waals surface area contributed by atoms with Gasteiger partial charge in [-0.05, 0) is 38.3 Å². The van der Waals surface area contributed by atoms with Crippen molar-refractivity contribution in [1.82, 2.24) is 9.80 Å². The Morgan fingerprint density at radius 1 is 1.13 bits per heavy atom. The van der Waals surface area contributed by atoms with Gasteiger partial charge in [-0.15, -0.1) is 24.9 Å². The number of likely N-dealkylation sites (tertiary alicyclic amines) is 1. The van der Waals surface area contributed by atoms with Crippen molar-refractivity contribution in [2.75, 3.05) is 37.7 Å². The highest BCUT2D eigenvalue weighted by atomic mass is 32.2. The van der Waals surface area contributed by atoms with Crippen LogP contribution in [0.3, 0.4) is 0 Å². The summed E-state index contributed by atoms with van der Waals surface area (Å²) in [5.74, 6) is -1.57. The van der Waals surface area contributed by atoms with Crippen LogP contribution >= 0.6 is 11.8 Å². The molecule has 4 rings (SSSR count). The molecule has 3 fully saturated rings. The number of rotatable bonds is 13. The van der Waals surface area contributed by atoms with E-state index >= 15 is 0 Å². The van der Waals surface area contributed by atoms with Gasteiger partial charge in [-0.2, -0.15) is 0 Å². The molecule has 0 aliphatic carbocycles. The number of amides is 3. The predicted octanol–water partition coefficient (Wildman–Crippen LogP) is 3.88. The van der Waals surface area contributed by atoms with Crippen LogP contribution in [0.15, 0.2) is 55.6 Å². The average molecular weight is 540 g/mol. The normalized spacial score (nSPS) is 29.3. The van der Waals surface area contributed by atoms with Gasteiger partial charge in [0.25, 0.3) is 0 Å². The molecule has 3 aliphatic heterocycles. The lowest BCUT2D eigenvalue weighted by molar-refractivity contribution is -0.143. The largest absolute Gasteiger partial charge is 0.395 e. The number of unbranched alkanes of at least 4 members (excludes halogenated alkanes) is 2. The fraction of sp³-hybridized carbons (Fsp3) is 0.567. The Morgan fingerprint density at radius 2 is 1.84 bits per heavy atom. The Balaban J connectivity index is 1.74. The summed E-state index contributed by atoms with van der Waals surface area (Å²) in [5.41, 5.74) is 0.765. The van der Waals surface area contributed by atoms with E-state index in [1.54, 1.807) is 33.7 Å². The molecule has 3 amide bonds. The molecule has 1 aromatic carbocycles. The molecule has 5 atom stereocenters. The molecule has 3 aliphatic rings. The lowest BCUT2D eigenvalue weighted by Crippen LogP contribution is -2.55. The van der Waals surface area contributed by atoms with E-state index in [4.69, 9.17) is 0 Å². The van der Waals surface area contributed by atoms with Gasteiger partial charge >= 0.3 is 0 Å². The minimum atomic E-state index is -0.706. The first kappa shape index (κ1) is 28.4. The first-order valence-corrected chi connectivity index (χ1v) is 14.6. The molecule has 2 bridgehead atoms. The summed E-state index contributed by atoms with van der Waals surface area (Å²) in [7, 11) is 0. The minimum Gasteiger partial charge on any atom is -0.395 e. The highest BCUT2D eigenvalue weighted by molar-refractivity contribution is 8.02. The van der Waals surface area contributed by atoms with Crippen molar-refractivity contribution in [3.8, 4) is 0 Å². The first-order chi connectivity index (χ1) is 18.3. The van der Waals surface area contributed by atoms with Crippen LogP contribution in [0.1, 0.15) is 46.0 Å². The molecule has 8 heteroatoms. The van der Waals surface area contributed by atoms with Gasteiger partial charge in [0.05, 0.1) is 23.2 Å². The monoisotopic (exact) mass is 539 g/mol. The number of para-hydroxylation sites is 1.